The van der Waals surface area contributed by atoms with E-state index >= 15 is 0 Å². The molecule has 0 bridgehead atoms. The number of esters is 1. The number of amides is 2. The van der Waals surface area contributed by atoms with Crippen molar-refractivity contribution in [3.05, 3.63) is 90.1 Å². The highest BCUT2D eigenvalue weighted by Crippen LogP contribution is 2.36. The fourth-order valence-corrected chi connectivity index (χ4v) is 5.40. The molecule has 2 heterocycles. The molecule has 2 amide bonds. The third-order valence-corrected chi connectivity index (χ3v) is 7.36. The Labute approximate surface area is 222 Å². The van der Waals surface area contributed by atoms with Crippen LogP contribution in [0.4, 0.5) is 5.69 Å². The minimum Gasteiger partial charge on any atom is -0.494 e. The van der Waals surface area contributed by atoms with Gasteiger partial charge in [-0.25, -0.2) is 9.69 Å². The average Bonchev–Trinajstić information content (AvgIpc) is 3.51. The molecule has 1 atom stereocenters. The van der Waals surface area contributed by atoms with E-state index in [2.05, 4.69) is 4.98 Å². The van der Waals surface area contributed by atoms with Crippen molar-refractivity contribution in [2.45, 2.75) is 23.5 Å². The standard InChI is InChI=1S/C29H24N2O6S/c1-2-36-21-11-8-19(9-12-21)24(32)17-37-29(35)22-5-3-4-6-25(22)38-26-16-27(33)31(28(26)34)20-10-7-18-13-14-30-23(18)15-20/h3-15,26,30H,2,16-17H2,1H3. The molecular weight excluding hydrogens is 504 g/mol. The van der Waals surface area contributed by atoms with Crippen molar-refractivity contribution >= 4 is 51.9 Å². The number of imide groups is 1. The lowest BCUT2D eigenvalue weighted by molar-refractivity contribution is -0.121. The highest BCUT2D eigenvalue weighted by atomic mass is 32.2. The highest BCUT2D eigenvalue weighted by molar-refractivity contribution is 8.00. The summed E-state index contributed by atoms with van der Waals surface area (Å²) in [6, 6.07) is 20.6. The Kier molecular flexibility index (Phi) is 7.28. The molecule has 4 aromatic rings. The smallest absolute Gasteiger partial charge is 0.339 e. The van der Waals surface area contributed by atoms with Crippen molar-refractivity contribution < 1.29 is 28.7 Å². The van der Waals surface area contributed by atoms with Crippen LogP contribution in [0, 0.1) is 0 Å². The van der Waals surface area contributed by atoms with Gasteiger partial charge in [0.1, 0.15) is 5.75 Å². The van der Waals surface area contributed by atoms with Crippen LogP contribution >= 0.6 is 11.8 Å². The van der Waals surface area contributed by atoms with Gasteiger partial charge in [-0.3, -0.25) is 14.4 Å². The van der Waals surface area contributed by atoms with Gasteiger partial charge in [0.25, 0.3) is 0 Å². The molecule has 1 aliphatic heterocycles. The number of anilines is 1. The van der Waals surface area contributed by atoms with E-state index < -0.39 is 17.8 Å². The number of thioether (sulfide) groups is 1. The summed E-state index contributed by atoms with van der Waals surface area (Å²) in [6.07, 6.45) is 1.80. The number of H-pyrrole nitrogens is 1. The van der Waals surface area contributed by atoms with Crippen LogP contribution in [0.25, 0.3) is 10.9 Å². The van der Waals surface area contributed by atoms with Crippen molar-refractivity contribution in [3.63, 3.8) is 0 Å². The Morgan fingerprint density at radius 2 is 1.82 bits per heavy atom. The first-order valence-corrected chi connectivity index (χ1v) is 13.0. The minimum atomic E-state index is -0.693. The van der Waals surface area contributed by atoms with Gasteiger partial charge in [-0.15, -0.1) is 11.8 Å². The van der Waals surface area contributed by atoms with Gasteiger partial charge in [0.15, 0.2) is 12.4 Å². The molecule has 38 heavy (non-hydrogen) atoms. The van der Waals surface area contributed by atoms with Crippen LogP contribution in [0.2, 0.25) is 0 Å². The third kappa shape index (κ3) is 5.19. The van der Waals surface area contributed by atoms with Crippen LogP contribution in [0.15, 0.2) is 83.9 Å². The molecule has 0 aliphatic carbocycles. The lowest BCUT2D eigenvalue weighted by Crippen LogP contribution is -2.31. The fraction of sp³-hybridized carbons (Fsp3) is 0.172. The van der Waals surface area contributed by atoms with Crippen LogP contribution in [0.5, 0.6) is 5.75 Å². The molecular formula is C29H24N2O6S. The van der Waals surface area contributed by atoms with Crippen LogP contribution in [-0.2, 0) is 14.3 Å². The molecule has 1 aromatic heterocycles. The Bertz CT molecular complexity index is 1530. The first kappa shape index (κ1) is 25.3. The lowest BCUT2D eigenvalue weighted by Gasteiger charge is -2.16. The van der Waals surface area contributed by atoms with E-state index in [-0.39, 0.29) is 29.6 Å². The van der Waals surface area contributed by atoms with Gasteiger partial charge >= 0.3 is 5.97 Å². The first-order chi connectivity index (χ1) is 18.4. The first-order valence-electron chi connectivity index (χ1n) is 12.1. The number of fused-ring (bicyclic) bond motifs is 1. The summed E-state index contributed by atoms with van der Waals surface area (Å²) in [6.45, 7) is 1.96. The highest BCUT2D eigenvalue weighted by Gasteiger charge is 2.40. The van der Waals surface area contributed by atoms with E-state index in [4.69, 9.17) is 9.47 Å². The number of benzene rings is 3. The van der Waals surface area contributed by atoms with E-state index in [1.54, 1.807) is 66.9 Å². The summed E-state index contributed by atoms with van der Waals surface area (Å²) in [5.74, 6) is -1.04. The van der Waals surface area contributed by atoms with E-state index in [0.717, 1.165) is 22.7 Å². The Morgan fingerprint density at radius 1 is 1.03 bits per heavy atom. The maximum atomic E-state index is 13.2. The number of ether oxygens (including phenoxy) is 2. The molecule has 0 radical (unpaired) electrons. The van der Waals surface area contributed by atoms with Gasteiger partial charge in [-0.1, -0.05) is 18.2 Å². The van der Waals surface area contributed by atoms with E-state index in [9.17, 15) is 19.2 Å². The minimum absolute atomic E-state index is 0.00583. The number of Topliss-reactive ketones (excluding diaryl/α,β-unsaturated/α-hetero) is 1. The summed E-state index contributed by atoms with van der Waals surface area (Å²) in [5.41, 5.74) is 1.95. The molecule has 9 heteroatoms. The van der Waals surface area contributed by atoms with Gasteiger partial charge in [0, 0.05) is 28.6 Å². The van der Waals surface area contributed by atoms with Gasteiger partial charge in [0.2, 0.25) is 11.8 Å². The maximum Gasteiger partial charge on any atom is 0.339 e. The number of aromatic amines is 1. The van der Waals surface area contributed by atoms with Gasteiger partial charge in [0.05, 0.1) is 23.1 Å². The summed E-state index contributed by atoms with van der Waals surface area (Å²) in [4.78, 5) is 56.2. The number of carbonyl (C=O) groups excluding carboxylic acids is 4. The molecule has 192 valence electrons. The molecule has 3 aromatic carbocycles. The Morgan fingerprint density at radius 3 is 2.61 bits per heavy atom. The predicted octanol–water partition coefficient (Wildman–Crippen LogP) is 5.03. The molecule has 5 rings (SSSR count). The average molecular weight is 529 g/mol. The molecule has 0 spiro atoms. The molecule has 1 fully saturated rings. The second kappa shape index (κ2) is 10.9. The maximum absolute atomic E-state index is 13.2. The molecule has 1 saturated heterocycles. The number of nitrogens with zero attached hydrogens (tertiary/aromatic N) is 1. The van der Waals surface area contributed by atoms with Crippen molar-refractivity contribution in [3.8, 4) is 5.75 Å². The number of hydrogen-bond donors (Lipinski definition) is 1. The van der Waals surface area contributed by atoms with Crippen LogP contribution in [0.3, 0.4) is 0 Å². The number of nitrogens with one attached hydrogen (secondary N) is 1. The zero-order chi connectivity index (χ0) is 26.6. The number of aromatic nitrogens is 1. The molecule has 1 aliphatic rings. The number of ketones is 1. The van der Waals surface area contributed by atoms with Gasteiger partial charge < -0.3 is 14.5 Å². The molecule has 0 saturated carbocycles. The summed E-state index contributed by atoms with van der Waals surface area (Å²) < 4.78 is 10.7. The normalized spacial score (nSPS) is 15.2. The van der Waals surface area contributed by atoms with Crippen LogP contribution in [0.1, 0.15) is 34.1 Å². The number of hydrogen-bond acceptors (Lipinski definition) is 7. The lowest BCUT2D eigenvalue weighted by atomic mass is 10.1. The van der Waals surface area contributed by atoms with Gasteiger partial charge in [-0.2, -0.15) is 0 Å². The zero-order valence-electron chi connectivity index (χ0n) is 20.5. The third-order valence-electron chi connectivity index (χ3n) is 6.10. The van der Waals surface area contributed by atoms with E-state index in [1.165, 1.54) is 4.90 Å². The van der Waals surface area contributed by atoms with E-state index in [1.807, 2.05) is 19.1 Å². The largest absolute Gasteiger partial charge is 0.494 e. The summed E-state index contributed by atoms with van der Waals surface area (Å²) in [5, 5.41) is 0.286. The van der Waals surface area contributed by atoms with Crippen molar-refractivity contribution in [1.82, 2.24) is 4.98 Å². The van der Waals surface area contributed by atoms with Gasteiger partial charge in [-0.05, 0) is 66.9 Å². The molecule has 8 nitrogen and oxygen atoms in total. The number of rotatable bonds is 9. The van der Waals surface area contributed by atoms with Crippen molar-refractivity contribution in [2.75, 3.05) is 18.1 Å². The fourth-order valence-electron chi connectivity index (χ4n) is 4.23. The molecule has 1 N–H and O–H groups in total. The zero-order valence-corrected chi connectivity index (χ0v) is 21.3. The molecule has 1 unspecified atom stereocenters. The van der Waals surface area contributed by atoms with E-state index in [0.29, 0.717) is 28.5 Å². The predicted molar refractivity (Wildman–Crippen MR) is 144 cm³/mol. The second-order valence-corrected chi connectivity index (χ2v) is 9.82. The quantitative estimate of drug-likeness (QED) is 0.185. The monoisotopic (exact) mass is 528 g/mol. The van der Waals surface area contributed by atoms with Crippen molar-refractivity contribution in [2.24, 2.45) is 0 Å². The Balaban J connectivity index is 1.26. The topological polar surface area (TPSA) is 106 Å². The summed E-state index contributed by atoms with van der Waals surface area (Å²) in [7, 11) is 0. The summed E-state index contributed by atoms with van der Waals surface area (Å²) >= 11 is 1.14. The second-order valence-electron chi connectivity index (χ2n) is 8.58. The Hall–Kier alpha value is -4.37. The van der Waals surface area contributed by atoms with Crippen LogP contribution < -0.4 is 9.64 Å². The number of carbonyl (C=O) groups is 4. The SMILES string of the molecule is CCOc1ccc(C(=O)COC(=O)c2ccccc2SC2CC(=O)N(c3ccc4cc[nH]c4c3)C2=O)cc1. The van der Waals surface area contributed by atoms with Crippen molar-refractivity contribution in [1.29, 1.82) is 0 Å². The van der Waals surface area contributed by atoms with Crippen LogP contribution in [-0.4, -0.2) is 47.0 Å².